The molecule has 0 radical (unpaired) electrons. The number of fused-ring (bicyclic) bond motifs is 1. The summed E-state index contributed by atoms with van der Waals surface area (Å²) in [7, 11) is 0. The first kappa shape index (κ1) is 11.1. The van der Waals surface area contributed by atoms with Crippen LogP contribution < -0.4 is 10.2 Å². The van der Waals surface area contributed by atoms with Crippen LogP contribution in [0.5, 0.6) is 0 Å². The third kappa shape index (κ3) is 2.57. The van der Waals surface area contributed by atoms with Crippen LogP contribution in [0.25, 0.3) is 11.0 Å². The van der Waals surface area contributed by atoms with Crippen LogP contribution in [0.15, 0.2) is 24.3 Å². The van der Waals surface area contributed by atoms with Crippen LogP contribution in [0.1, 0.15) is 6.92 Å². The van der Waals surface area contributed by atoms with Crippen molar-refractivity contribution >= 4 is 22.9 Å². The highest BCUT2D eigenvalue weighted by Crippen LogP contribution is 2.07. The van der Waals surface area contributed by atoms with Gasteiger partial charge in [-0.2, -0.15) is 0 Å². The summed E-state index contributed by atoms with van der Waals surface area (Å²) in [6, 6.07) is 7.06. The fourth-order valence-electron chi connectivity index (χ4n) is 1.24. The highest BCUT2D eigenvalue weighted by Gasteiger charge is 2.09. The van der Waals surface area contributed by atoms with Crippen molar-refractivity contribution in [2.75, 3.05) is 6.54 Å². The third-order valence-corrected chi connectivity index (χ3v) is 1.99. The molecule has 7 nitrogen and oxygen atoms in total. The normalized spacial score (nSPS) is 10.2. The topological polar surface area (TPSA) is 86.1 Å². The van der Waals surface area contributed by atoms with E-state index >= 15 is 0 Å². The number of aromatic nitrogens is 3. The van der Waals surface area contributed by atoms with Gasteiger partial charge in [-0.05, 0) is 17.3 Å². The molecule has 0 saturated carbocycles. The summed E-state index contributed by atoms with van der Waals surface area (Å²) < 4.78 is 0. The molecule has 0 aliphatic heterocycles. The number of hydrogen-bond donors (Lipinski definition) is 1. The van der Waals surface area contributed by atoms with Gasteiger partial charge >= 0.3 is 5.97 Å². The smallest absolute Gasteiger partial charge is 0.345 e. The molecule has 7 heteroatoms. The molecule has 0 fully saturated rings. The molecule has 0 bridgehead atoms. The molecule has 0 spiro atoms. The average Bonchev–Trinajstić information content (AvgIpc) is 2.70. The lowest BCUT2D eigenvalue weighted by Crippen LogP contribution is -2.33. The highest BCUT2D eigenvalue weighted by molar-refractivity contribution is 5.81. The summed E-state index contributed by atoms with van der Waals surface area (Å²) in [5.74, 6) is -0.916. The second kappa shape index (κ2) is 4.60. The van der Waals surface area contributed by atoms with Gasteiger partial charge in [0.15, 0.2) is 0 Å². The van der Waals surface area contributed by atoms with E-state index in [2.05, 4.69) is 15.6 Å². The SMILES string of the molecule is CC(=O)NCC(=O)On1nnc2ccccc21. The van der Waals surface area contributed by atoms with E-state index in [0.717, 1.165) is 4.85 Å². The number of carbonyl (C=O) groups is 2. The first-order valence-electron chi connectivity index (χ1n) is 4.93. The van der Waals surface area contributed by atoms with Gasteiger partial charge in [0.1, 0.15) is 17.6 Å². The Kier molecular flexibility index (Phi) is 2.99. The van der Waals surface area contributed by atoms with Crippen LogP contribution in [0.4, 0.5) is 0 Å². The molecule has 0 atom stereocenters. The van der Waals surface area contributed by atoms with Crippen molar-refractivity contribution in [3.8, 4) is 0 Å². The molecular weight excluding hydrogens is 224 g/mol. The van der Waals surface area contributed by atoms with Crippen LogP contribution in [-0.4, -0.2) is 33.6 Å². The lowest BCUT2D eigenvalue weighted by molar-refractivity contribution is -0.145. The molecule has 1 N–H and O–H groups in total. The van der Waals surface area contributed by atoms with Crippen LogP contribution in [0, 0.1) is 0 Å². The fraction of sp³-hybridized carbons (Fsp3) is 0.200. The van der Waals surface area contributed by atoms with E-state index in [4.69, 9.17) is 4.84 Å². The predicted octanol–water partition coefficient (Wildman–Crippen LogP) is -0.477. The molecular formula is C10H10N4O3. The van der Waals surface area contributed by atoms with Gasteiger partial charge < -0.3 is 10.2 Å². The van der Waals surface area contributed by atoms with Crippen LogP contribution in [0.3, 0.4) is 0 Å². The zero-order valence-electron chi connectivity index (χ0n) is 9.08. The molecule has 0 aliphatic rings. The maximum Gasteiger partial charge on any atom is 0.353 e. The quantitative estimate of drug-likeness (QED) is 0.725. The number of amides is 1. The van der Waals surface area contributed by atoms with E-state index in [1.165, 1.54) is 6.92 Å². The largest absolute Gasteiger partial charge is 0.353 e. The van der Waals surface area contributed by atoms with Crippen LogP contribution in [-0.2, 0) is 9.59 Å². The van der Waals surface area contributed by atoms with E-state index in [9.17, 15) is 9.59 Å². The fourth-order valence-corrected chi connectivity index (χ4v) is 1.24. The van der Waals surface area contributed by atoms with Crippen LogP contribution >= 0.6 is 0 Å². The Morgan fingerprint density at radius 1 is 1.41 bits per heavy atom. The first-order chi connectivity index (χ1) is 8.16. The molecule has 17 heavy (non-hydrogen) atoms. The van der Waals surface area contributed by atoms with Gasteiger partial charge in [0.2, 0.25) is 5.91 Å². The summed E-state index contributed by atoms with van der Waals surface area (Å²) in [6.45, 7) is 1.11. The number of nitrogens with one attached hydrogen (secondary N) is 1. The molecule has 1 aromatic heterocycles. The summed E-state index contributed by atoms with van der Waals surface area (Å²) in [6.07, 6.45) is 0. The third-order valence-electron chi connectivity index (χ3n) is 1.99. The Morgan fingerprint density at radius 3 is 2.94 bits per heavy atom. The molecule has 1 aromatic carbocycles. The van der Waals surface area contributed by atoms with Gasteiger partial charge in [0.05, 0.1) is 0 Å². The number of hydrogen-bond acceptors (Lipinski definition) is 5. The number of para-hydroxylation sites is 1. The maximum absolute atomic E-state index is 11.3. The minimum atomic E-state index is -0.615. The van der Waals surface area contributed by atoms with Crippen LogP contribution in [0.2, 0.25) is 0 Å². The van der Waals surface area contributed by atoms with E-state index < -0.39 is 5.97 Å². The van der Waals surface area contributed by atoms with Gasteiger partial charge in [-0.15, -0.1) is 5.10 Å². The number of carbonyl (C=O) groups excluding carboxylic acids is 2. The lowest BCUT2D eigenvalue weighted by atomic mass is 10.3. The monoisotopic (exact) mass is 234 g/mol. The summed E-state index contributed by atoms with van der Waals surface area (Å²) >= 11 is 0. The summed E-state index contributed by atoms with van der Waals surface area (Å²) in [5, 5.41) is 9.82. The molecule has 2 rings (SSSR count). The van der Waals surface area contributed by atoms with Gasteiger partial charge in [-0.3, -0.25) is 4.79 Å². The predicted molar refractivity (Wildman–Crippen MR) is 57.8 cm³/mol. The highest BCUT2D eigenvalue weighted by atomic mass is 16.7. The molecule has 0 saturated heterocycles. The number of benzene rings is 1. The van der Waals surface area contributed by atoms with Gasteiger partial charge in [0.25, 0.3) is 0 Å². The number of nitrogens with zero attached hydrogens (tertiary/aromatic N) is 3. The zero-order chi connectivity index (χ0) is 12.3. The summed E-state index contributed by atoms with van der Waals surface area (Å²) in [4.78, 5) is 27.9. The Bertz CT molecular complexity index is 563. The second-order valence-electron chi connectivity index (χ2n) is 3.32. The van der Waals surface area contributed by atoms with E-state index in [-0.39, 0.29) is 12.5 Å². The van der Waals surface area contributed by atoms with E-state index in [1.54, 1.807) is 24.3 Å². The molecule has 0 unspecified atom stereocenters. The molecule has 2 aromatic rings. The zero-order valence-corrected chi connectivity index (χ0v) is 9.08. The van der Waals surface area contributed by atoms with Crippen molar-refractivity contribution < 1.29 is 14.4 Å². The van der Waals surface area contributed by atoms with Gasteiger partial charge in [-0.1, -0.05) is 17.0 Å². The second-order valence-corrected chi connectivity index (χ2v) is 3.32. The van der Waals surface area contributed by atoms with Crippen molar-refractivity contribution in [2.45, 2.75) is 6.92 Å². The minimum Gasteiger partial charge on any atom is -0.345 e. The Labute approximate surface area is 96.3 Å². The van der Waals surface area contributed by atoms with Crippen molar-refractivity contribution in [1.82, 2.24) is 20.5 Å². The van der Waals surface area contributed by atoms with Crippen molar-refractivity contribution in [1.29, 1.82) is 0 Å². The van der Waals surface area contributed by atoms with Crippen molar-refractivity contribution in [3.63, 3.8) is 0 Å². The Morgan fingerprint density at radius 2 is 2.18 bits per heavy atom. The van der Waals surface area contributed by atoms with E-state index in [0.29, 0.717) is 11.0 Å². The Balaban J connectivity index is 2.08. The molecule has 88 valence electrons. The standard InChI is InChI=1S/C10H10N4O3/c1-7(15)11-6-10(16)17-14-9-5-3-2-4-8(9)12-13-14/h2-5H,6H2,1H3,(H,11,15). The maximum atomic E-state index is 11.3. The molecule has 1 amide bonds. The number of rotatable bonds is 3. The average molecular weight is 234 g/mol. The van der Waals surface area contributed by atoms with Crippen molar-refractivity contribution in [2.24, 2.45) is 0 Å². The first-order valence-corrected chi connectivity index (χ1v) is 4.93. The molecule has 1 heterocycles. The van der Waals surface area contributed by atoms with Crippen molar-refractivity contribution in [3.05, 3.63) is 24.3 Å². The molecule has 0 aliphatic carbocycles. The van der Waals surface area contributed by atoms with E-state index in [1.807, 2.05) is 0 Å². The van der Waals surface area contributed by atoms with Gasteiger partial charge in [-0.25, -0.2) is 4.79 Å². The minimum absolute atomic E-state index is 0.205. The lowest BCUT2D eigenvalue weighted by Gasteiger charge is -2.03. The Hall–Kier alpha value is -2.44. The van der Waals surface area contributed by atoms with Gasteiger partial charge in [0, 0.05) is 6.92 Å². The summed E-state index contributed by atoms with van der Waals surface area (Å²) in [5.41, 5.74) is 1.21.